The number of aryl methyl sites for hydroxylation is 2. The van der Waals surface area contributed by atoms with Crippen LogP contribution in [0.2, 0.25) is 0 Å². The highest BCUT2D eigenvalue weighted by Crippen LogP contribution is 2.17. The zero-order valence-electron chi connectivity index (χ0n) is 10.8. The summed E-state index contributed by atoms with van der Waals surface area (Å²) in [5.41, 5.74) is 7.39. The molecule has 0 fully saturated rings. The molecule has 2 aromatic heterocycles. The highest BCUT2D eigenvalue weighted by atomic mass is 16.5. The van der Waals surface area contributed by atoms with Gasteiger partial charge in [-0.3, -0.25) is 4.98 Å². The fourth-order valence-electron chi connectivity index (χ4n) is 1.79. The Morgan fingerprint density at radius 1 is 1.39 bits per heavy atom. The lowest BCUT2D eigenvalue weighted by Crippen LogP contribution is -2.09. The molecule has 5 nitrogen and oxygen atoms in total. The molecule has 96 valence electrons. The Morgan fingerprint density at radius 2 is 2.22 bits per heavy atom. The first kappa shape index (κ1) is 12.6. The van der Waals surface area contributed by atoms with Gasteiger partial charge in [0.25, 0.3) is 0 Å². The molecule has 0 amide bonds. The minimum absolute atomic E-state index is 0.374. The van der Waals surface area contributed by atoms with Gasteiger partial charge in [-0.15, -0.1) is 0 Å². The van der Waals surface area contributed by atoms with Gasteiger partial charge in [0, 0.05) is 31.2 Å². The molecule has 0 saturated heterocycles. The molecule has 2 aromatic rings. The predicted molar refractivity (Wildman–Crippen MR) is 69.1 cm³/mol. The van der Waals surface area contributed by atoms with Crippen molar-refractivity contribution in [3.8, 4) is 5.75 Å². The third-order valence-corrected chi connectivity index (χ3v) is 2.76. The molecule has 2 rings (SSSR count). The van der Waals surface area contributed by atoms with Gasteiger partial charge < -0.3 is 15.0 Å². The quantitative estimate of drug-likeness (QED) is 0.871. The zero-order valence-corrected chi connectivity index (χ0v) is 10.8. The maximum absolute atomic E-state index is 5.74. The summed E-state index contributed by atoms with van der Waals surface area (Å²) in [6, 6.07) is 3.82. The van der Waals surface area contributed by atoms with Crippen LogP contribution in [-0.4, -0.2) is 14.5 Å². The average molecular weight is 246 g/mol. The minimum Gasteiger partial charge on any atom is -0.484 e. The van der Waals surface area contributed by atoms with E-state index in [-0.39, 0.29) is 0 Å². The summed E-state index contributed by atoms with van der Waals surface area (Å²) in [5.74, 6) is 1.63. The van der Waals surface area contributed by atoms with E-state index in [9.17, 15) is 0 Å². The maximum atomic E-state index is 5.74. The Kier molecular flexibility index (Phi) is 3.94. The van der Waals surface area contributed by atoms with Gasteiger partial charge in [-0.25, -0.2) is 4.98 Å². The van der Waals surface area contributed by atoms with Crippen LogP contribution in [0.1, 0.15) is 24.1 Å². The lowest BCUT2D eigenvalue weighted by molar-refractivity contribution is 0.285. The smallest absolute Gasteiger partial charge is 0.146 e. The first-order valence-corrected chi connectivity index (χ1v) is 6.04. The molecule has 0 aliphatic rings. The van der Waals surface area contributed by atoms with Crippen molar-refractivity contribution in [3.05, 3.63) is 41.7 Å². The van der Waals surface area contributed by atoms with Crippen LogP contribution in [0.25, 0.3) is 0 Å². The molecule has 0 aliphatic heterocycles. The molecule has 5 heteroatoms. The topological polar surface area (TPSA) is 66.0 Å². The zero-order chi connectivity index (χ0) is 13.0. The Balaban J connectivity index is 2.10. The van der Waals surface area contributed by atoms with Crippen molar-refractivity contribution in [1.29, 1.82) is 0 Å². The van der Waals surface area contributed by atoms with Crippen LogP contribution in [0.4, 0.5) is 0 Å². The largest absolute Gasteiger partial charge is 0.484 e. The fourth-order valence-corrected chi connectivity index (χ4v) is 1.79. The van der Waals surface area contributed by atoms with Crippen LogP contribution in [0.3, 0.4) is 0 Å². The van der Waals surface area contributed by atoms with Crippen molar-refractivity contribution in [1.82, 2.24) is 14.5 Å². The predicted octanol–water partition coefficient (Wildman–Crippen LogP) is 1.64. The number of hydrogen-bond donors (Lipinski definition) is 1. The van der Waals surface area contributed by atoms with Crippen LogP contribution in [0.5, 0.6) is 5.75 Å². The Labute approximate surface area is 107 Å². The molecule has 0 aromatic carbocycles. The molecule has 0 unspecified atom stereocenters. The molecule has 2 heterocycles. The molecule has 0 atom stereocenters. The van der Waals surface area contributed by atoms with E-state index in [0.29, 0.717) is 13.2 Å². The second kappa shape index (κ2) is 5.64. The van der Waals surface area contributed by atoms with Gasteiger partial charge in [0.15, 0.2) is 0 Å². The molecular weight excluding hydrogens is 228 g/mol. The van der Waals surface area contributed by atoms with E-state index in [1.165, 1.54) is 0 Å². The second-order valence-electron chi connectivity index (χ2n) is 4.02. The van der Waals surface area contributed by atoms with Gasteiger partial charge in [-0.1, -0.05) is 0 Å². The van der Waals surface area contributed by atoms with Crippen LogP contribution >= 0.6 is 0 Å². The summed E-state index contributed by atoms with van der Waals surface area (Å²) >= 11 is 0. The number of nitrogens with zero attached hydrogens (tertiary/aromatic N) is 3. The van der Waals surface area contributed by atoms with Crippen molar-refractivity contribution in [2.45, 2.75) is 33.5 Å². The van der Waals surface area contributed by atoms with E-state index in [1.54, 1.807) is 6.20 Å². The number of rotatable bonds is 5. The van der Waals surface area contributed by atoms with Gasteiger partial charge in [0.05, 0.1) is 5.69 Å². The molecule has 0 spiro atoms. The number of nitrogens with two attached hydrogens (primary N) is 1. The van der Waals surface area contributed by atoms with Crippen LogP contribution < -0.4 is 10.5 Å². The van der Waals surface area contributed by atoms with Crippen LogP contribution in [0, 0.1) is 6.92 Å². The molecule has 0 aliphatic carbocycles. The van der Waals surface area contributed by atoms with E-state index in [2.05, 4.69) is 16.9 Å². The van der Waals surface area contributed by atoms with Gasteiger partial charge >= 0.3 is 0 Å². The molecule has 2 N–H and O–H groups in total. The van der Waals surface area contributed by atoms with Crippen molar-refractivity contribution in [3.63, 3.8) is 0 Å². The minimum atomic E-state index is 0.374. The first-order chi connectivity index (χ1) is 8.74. The van der Waals surface area contributed by atoms with Crippen molar-refractivity contribution < 1.29 is 4.74 Å². The third-order valence-electron chi connectivity index (χ3n) is 2.76. The maximum Gasteiger partial charge on any atom is 0.146 e. The highest BCUT2D eigenvalue weighted by molar-refractivity contribution is 5.29. The molecule has 0 bridgehead atoms. The second-order valence-corrected chi connectivity index (χ2v) is 4.02. The fraction of sp³-hybridized carbons (Fsp3) is 0.385. The van der Waals surface area contributed by atoms with Crippen LogP contribution in [0.15, 0.2) is 24.5 Å². The highest BCUT2D eigenvalue weighted by Gasteiger charge is 2.07. The summed E-state index contributed by atoms with van der Waals surface area (Å²) in [6.45, 7) is 5.70. The summed E-state index contributed by atoms with van der Waals surface area (Å²) < 4.78 is 7.79. The van der Waals surface area contributed by atoms with Gasteiger partial charge in [-0.2, -0.15) is 0 Å². The van der Waals surface area contributed by atoms with Gasteiger partial charge in [-0.05, 0) is 26.0 Å². The third kappa shape index (κ3) is 2.68. The first-order valence-electron chi connectivity index (χ1n) is 6.04. The molecular formula is C13H18N4O. The molecule has 0 saturated carbocycles. The van der Waals surface area contributed by atoms with Gasteiger partial charge in [0.2, 0.25) is 0 Å². The number of pyridine rings is 1. The lowest BCUT2D eigenvalue weighted by atomic mass is 10.3. The Morgan fingerprint density at radius 3 is 2.94 bits per heavy atom. The summed E-state index contributed by atoms with van der Waals surface area (Å²) in [6.07, 6.45) is 3.72. The summed E-state index contributed by atoms with van der Waals surface area (Å²) in [7, 11) is 0. The monoisotopic (exact) mass is 246 g/mol. The number of ether oxygens (including phenoxy) is 1. The number of hydrogen-bond acceptors (Lipinski definition) is 4. The van der Waals surface area contributed by atoms with Crippen molar-refractivity contribution in [2.24, 2.45) is 5.73 Å². The standard InChI is InChI=1S/C13H18N4O/c1-3-17-7-6-15-13(17)9-18-12-5-4-10(2)16-11(12)8-14/h4-7H,3,8-9,14H2,1-2H3. The SMILES string of the molecule is CCn1ccnc1COc1ccc(C)nc1CN. The van der Waals surface area contributed by atoms with E-state index >= 15 is 0 Å². The Bertz CT molecular complexity index is 521. The normalized spacial score (nSPS) is 10.6. The summed E-state index contributed by atoms with van der Waals surface area (Å²) in [4.78, 5) is 8.62. The Hall–Kier alpha value is -1.88. The summed E-state index contributed by atoms with van der Waals surface area (Å²) in [5, 5.41) is 0. The average Bonchev–Trinajstić information content (AvgIpc) is 2.84. The van der Waals surface area contributed by atoms with E-state index in [1.807, 2.05) is 29.8 Å². The van der Waals surface area contributed by atoms with E-state index < -0.39 is 0 Å². The number of imidazole rings is 1. The van der Waals surface area contributed by atoms with Crippen LogP contribution in [-0.2, 0) is 19.7 Å². The van der Waals surface area contributed by atoms with E-state index in [4.69, 9.17) is 10.5 Å². The molecule has 0 radical (unpaired) electrons. The van der Waals surface area contributed by atoms with Crippen molar-refractivity contribution in [2.75, 3.05) is 0 Å². The van der Waals surface area contributed by atoms with E-state index in [0.717, 1.165) is 29.5 Å². The number of aromatic nitrogens is 3. The van der Waals surface area contributed by atoms with Crippen molar-refractivity contribution >= 4 is 0 Å². The molecule has 18 heavy (non-hydrogen) atoms. The lowest BCUT2D eigenvalue weighted by Gasteiger charge is -2.10. The van der Waals surface area contributed by atoms with Gasteiger partial charge in [0.1, 0.15) is 18.2 Å².